The molecule has 0 N–H and O–H groups in total. The van der Waals surface area contributed by atoms with Crippen LogP contribution in [0.1, 0.15) is 39.5 Å². The lowest BCUT2D eigenvalue weighted by molar-refractivity contribution is 0.285. The quantitative estimate of drug-likeness (QED) is 0.197. The van der Waals surface area contributed by atoms with E-state index in [-0.39, 0.29) is 11.3 Å². The molecule has 0 bridgehead atoms. The summed E-state index contributed by atoms with van der Waals surface area (Å²) >= 11 is 0. The minimum atomic E-state index is -0.933. The molecule has 0 aliphatic rings. The van der Waals surface area contributed by atoms with E-state index >= 15 is 0 Å². The Kier molecular flexibility index (Phi) is 8.72. The maximum Gasteiger partial charge on any atom is 0.201 e. The minimum absolute atomic E-state index is 0.0306. The van der Waals surface area contributed by atoms with Crippen molar-refractivity contribution in [2.75, 3.05) is 13.2 Å². The van der Waals surface area contributed by atoms with E-state index in [0.29, 0.717) is 18.8 Å². The normalized spacial score (nSPS) is 10.9. The van der Waals surface area contributed by atoms with Crippen LogP contribution in [0, 0.1) is 11.6 Å². The molecule has 4 heteroatoms. The largest absolute Gasteiger partial charge is 0.494 e. The molecule has 0 atom stereocenters. The Bertz CT molecular complexity index is 1250. The van der Waals surface area contributed by atoms with Crippen molar-refractivity contribution in [1.29, 1.82) is 0 Å². The van der Waals surface area contributed by atoms with Gasteiger partial charge in [0.2, 0.25) is 5.82 Å². The van der Waals surface area contributed by atoms with E-state index in [1.165, 1.54) is 6.07 Å². The van der Waals surface area contributed by atoms with Crippen molar-refractivity contribution in [1.82, 2.24) is 0 Å². The third-order valence-corrected chi connectivity index (χ3v) is 6.22. The summed E-state index contributed by atoms with van der Waals surface area (Å²) in [6.07, 6.45) is 4.09. The van der Waals surface area contributed by atoms with Gasteiger partial charge in [0, 0.05) is 5.56 Å². The van der Waals surface area contributed by atoms with Crippen LogP contribution in [0.25, 0.3) is 33.4 Å². The molecular weight excluding hydrogens is 454 g/mol. The lowest BCUT2D eigenvalue weighted by atomic mass is 9.98. The molecule has 0 saturated heterocycles. The highest BCUT2D eigenvalue weighted by molar-refractivity contribution is 5.73. The second-order valence-corrected chi connectivity index (χ2v) is 8.76. The second kappa shape index (κ2) is 12.3. The molecule has 0 heterocycles. The molecule has 0 unspecified atom stereocenters. The van der Waals surface area contributed by atoms with Crippen molar-refractivity contribution >= 4 is 0 Å². The lowest BCUT2D eigenvalue weighted by Gasteiger charge is -2.11. The summed E-state index contributed by atoms with van der Waals surface area (Å²) in [5, 5.41) is 0. The summed E-state index contributed by atoms with van der Waals surface area (Å²) in [6.45, 7) is 5.13. The molecule has 4 aromatic rings. The Morgan fingerprint density at radius 3 is 1.58 bits per heavy atom. The average Bonchev–Trinajstić information content (AvgIpc) is 2.92. The van der Waals surface area contributed by atoms with Crippen LogP contribution in [0.2, 0.25) is 0 Å². The van der Waals surface area contributed by atoms with Crippen molar-refractivity contribution in [2.24, 2.45) is 0 Å². The number of benzene rings is 4. The van der Waals surface area contributed by atoms with Crippen molar-refractivity contribution in [3.05, 3.63) is 96.6 Å². The Balaban J connectivity index is 1.44. The van der Waals surface area contributed by atoms with Gasteiger partial charge in [-0.3, -0.25) is 0 Å². The van der Waals surface area contributed by atoms with Crippen LogP contribution in [-0.2, 0) is 0 Å². The molecule has 0 fully saturated rings. The van der Waals surface area contributed by atoms with Crippen molar-refractivity contribution < 1.29 is 18.3 Å². The van der Waals surface area contributed by atoms with Gasteiger partial charge >= 0.3 is 0 Å². The smallest absolute Gasteiger partial charge is 0.201 e. The minimum Gasteiger partial charge on any atom is -0.494 e. The maximum absolute atomic E-state index is 14.8. The molecule has 0 spiro atoms. The van der Waals surface area contributed by atoms with Crippen LogP contribution in [0.15, 0.2) is 84.9 Å². The predicted molar refractivity (Wildman–Crippen MR) is 143 cm³/mol. The lowest BCUT2D eigenvalue weighted by Crippen LogP contribution is -2.01. The zero-order chi connectivity index (χ0) is 25.3. The molecule has 0 amide bonds. The van der Waals surface area contributed by atoms with E-state index in [2.05, 4.69) is 31.2 Å². The van der Waals surface area contributed by atoms with Gasteiger partial charge in [0.05, 0.1) is 13.2 Å². The monoisotopic (exact) mass is 486 g/mol. The van der Waals surface area contributed by atoms with Gasteiger partial charge in [-0.25, -0.2) is 4.39 Å². The first kappa shape index (κ1) is 25.4. The molecule has 0 radical (unpaired) electrons. The van der Waals surface area contributed by atoms with Crippen molar-refractivity contribution in [3.8, 4) is 44.9 Å². The van der Waals surface area contributed by atoms with Crippen molar-refractivity contribution in [3.63, 3.8) is 0 Å². The summed E-state index contributed by atoms with van der Waals surface area (Å²) in [5.74, 6) is -0.985. The zero-order valence-electron chi connectivity index (χ0n) is 20.9. The molecule has 4 aromatic carbocycles. The average molecular weight is 487 g/mol. The van der Waals surface area contributed by atoms with Gasteiger partial charge in [-0.15, -0.1) is 0 Å². The predicted octanol–water partition coefficient (Wildman–Crippen LogP) is 9.32. The van der Waals surface area contributed by atoms with E-state index in [1.54, 1.807) is 6.07 Å². The van der Waals surface area contributed by atoms with Gasteiger partial charge in [-0.1, -0.05) is 86.8 Å². The summed E-state index contributed by atoms with van der Waals surface area (Å²) in [4.78, 5) is 0. The van der Waals surface area contributed by atoms with Crippen LogP contribution < -0.4 is 9.47 Å². The van der Waals surface area contributed by atoms with Crippen molar-refractivity contribution in [2.45, 2.75) is 39.5 Å². The van der Waals surface area contributed by atoms with E-state index in [9.17, 15) is 8.78 Å². The Morgan fingerprint density at radius 2 is 1.06 bits per heavy atom. The zero-order valence-corrected chi connectivity index (χ0v) is 20.9. The van der Waals surface area contributed by atoms with Gasteiger partial charge in [-0.05, 0) is 65.4 Å². The number of halogens is 2. The van der Waals surface area contributed by atoms with E-state index in [4.69, 9.17) is 9.47 Å². The summed E-state index contributed by atoms with van der Waals surface area (Å²) in [6, 6.07) is 26.9. The van der Waals surface area contributed by atoms with Gasteiger partial charge < -0.3 is 9.47 Å². The van der Waals surface area contributed by atoms with Gasteiger partial charge in [0.25, 0.3) is 0 Å². The topological polar surface area (TPSA) is 18.5 Å². The molecule has 0 aliphatic heterocycles. The second-order valence-electron chi connectivity index (χ2n) is 8.76. The number of rotatable bonds is 11. The molecule has 36 heavy (non-hydrogen) atoms. The number of hydrogen-bond donors (Lipinski definition) is 0. The fourth-order valence-corrected chi connectivity index (χ4v) is 4.18. The van der Waals surface area contributed by atoms with Crippen LogP contribution >= 0.6 is 0 Å². The third-order valence-electron chi connectivity index (χ3n) is 6.22. The molecule has 186 valence electrons. The molecule has 4 rings (SSSR count). The highest BCUT2D eigenvalue weighted by atomic mass is 19.2. The summed E-state index contributed by atoms with van der Waals surface area (Å²) in [7, 11) is 0. The highest BCUT2D eigenvalue weighted by Gasteiger charge is 2.16. The maximum atomic E-state index is 14.8. The Labute approximate surface area is 212 Å². The first-order chi connectivity index (χ1) is 17.6. The standard InChI is InChI=1S/C32H32F2O2/c1-3-5-6-7-22-36-30-21-20-29(31(33)32(30)34)27-14-12-25(13-15-27)23-8-10-24(11-9-23)26-16-18-28(19-17-26)35-4-2/h8-21H,3-7,22H2,1-2H3. The molecule has 0 aliphatic carbocycles. The van der Waals surface area contributed by atoms with E-state index in [1.807, 2.05) is 55.5 Å². The third kappa shape index (κ3) is 6.12. The van der Waals surface area contributed by atoms with Crippen LogP contribution in [0.4, 0.5) is 8.78 Å². The van der Waals surface area contributed by atoms with E-state index < -0.39 is 11.6 Å². The summed E-state index contributed by atoms with van der Waals surface area (Å²) in [5.41, 5.74) is 5.13. The fourth-order valence-electron chi connectivity index (χ4n) is 4.18. The fraction of sp³-hybridized carbons (Fsp3) is 0.250. The SMILES string of the molecule is CCCCCCOc1ccc(-c2ccc(-c3ccc(-c4ccc(OCC)cc4)cc3)cc2)c(F)c1F. The van der Waals surface area contributed by atoms with Gasteiger partial charge in [-0.2, -0.15) is 4.39 Å². The molecular formula is C32H32F2O2. The van der Waals surface area contributed by atoms with Crippen LogP contribution in [0.3, 0.4) is 0 Å². The Morgan fingerprint density at radius 1 is 0.528 bits per heavy atom. The number of unbranched alkanes of at least 4 members (excludes halogenated alkanes) is 3. The summed E-state index contributed by atoms with van der Waals surface area (Å²) < 4.78 is 40.4. The Hall–Kier alpha value is -3.66. The van der Waals surface area contributed by atoms with Crippen LogP contribution in [-0.4, -0.2) is 13.2 Å². The number of hydrogen-bond acceptors (Lipinski definition) is 2. The van der Waals surface area contributed by atoms with Crippen LogP contribution in [0.5, 0.6) is 11.5 Å². The molecule has 0 saturated carbocycles. The van der Waals surface area contributed by atoms with Gasteiger partial charge in [0.15, 0.2) is 11.6 Å². The molecule has 0 aromatic heterocycles. The first-order valence-electron chi connectivity index (χ1n) is 12.7. The number of ether oxygens (including phenoxy) is 2. The molecule has 2 nitrogen and oxygen atoms in total. The van der Waals surface area contributed by atoms with Gasteiger partial charge in [0.1, 0.15) is 5.75 Å². The first-order valence-corrected chi connectivity index (χ1v) is 12.7. The van der Waals surface area contributed by atoms with E-state index in [0.717, 1.165) is 53.7 Å². The highest BCUT2D eigenvalue weighted by Crippen LogP contribution is 2.32.